The maximum atomic E-state index is 13.1. The van der Waals surface area contributed by atoms with Gasteiger partial charge in [-0.25, -0.2) is 15.0 Å². The van der Waals surface area contributed by atoms with E-state index in [1.54, 1.807) is 13.0 Å². The largest absolute Gasteiger partial charge is 0.336 e. The van der Waals surface area contributed by atoms with Crippen molar-refractivity contribution >= 4 is 33.7 Å². The van der Waals surface area contributed by atoms with Crippen LogP contribution in [0, 0.1) is 20.8 Å². The van der Waals surface area contributed by atoms with Gasteiger partial charge in [0.2, 0.25) is 0 Å². The topological polar surface area (TPSA) is 93.8 Å². The summed E-state index contributed by atoms with van der Waals surface area (Å²) in [4.78, 5) is 26.6. The third kappa shape index (κ3) is 3.09. The molecular weight excluding hydrogens is 354 g/mol. The highest BCUT2D eigenvalue weighted by Crippen LogP contribution is 2.26. The van der Waals surface area contributed by atoms with Gasteiger partial charge in [0.25, 0.3) is 11.6 Å². The summed E-state index contributed by atoms with van der Waals surface area (Å²) in [6, 6.07) is 7.32. The Kier molecular flexibility index (Phi) is 4.30. The summed E-state index contributed by atoms with van der Waals surface area (Å²) in [5, 5.41) is 7.56. The number of carbonyl (C=O) groups is 1. The normalized spacial score (nSPS) is 11.5. The Balaban J connectivity index is 1.75. The zero-order valence-electron chi connectivity index (χ0n) is 16.5. The maximum Gasteiger partial charge on any atom is 0.259 e. The summed E-state index contributed by atoms with van der Waals surface area (Å²) in [6.45, 7) is 9.69. The first kappa shape index (κ1) is 18.0. The molecule has 142 valence electrons. The lowest BCUT2D eigenvalue weighted by molar-refractivity contribution is 0.102. The Morgan fingerprint density at radius 1 is 0.964 bits per heavy atom. The summed E-state index contributed by atoms with van der Waals surface area (Å²) in [7, 11) is 0. The lowest BCUT2D eigenvalue weighted by Gasteiger charge is -2.10. The first-order chi connectivity index (χ1) is 13.3. The number of hydrogen-bond acceptors (Lipinski definition) is 6. The van der Waals surface area contributed by atoms with Crippen LogP contribution in [-0.4, -0.2) is 26.0 Å². The molecule has 1 amide bonds. The quantitative estimate of drug-likeness (QED) is 0.568. The fourth-order valence-corrected chi connectivity index (χ4v) is 3.10. The average molecular weight is 375 g/mol. The van der Waals surface area contributed by atoms with Gasteiger partial charge < -0.3 is 9.84 Å². The summed E-state index contributed by atoms with van der Waals surface area (Å²) < 4.78 is 5.30. The summed E-state index contributed by atoms with van der Waals surface area (Å²) in [6.07, 6.45) is 0. The third-order valence-corrected chi connectivity index (χ3v) is 4.81. The number of amides is 1. The highest BCUT2D eigenvalue weighted by Gasteiger charge is 2.20. The Morgan fingerprint density at radius 3 is 2.39 bits per heavy atom. The van der Waals surface area contributed by atoms with Crippen LogP contribution in [0.5, 0.6) is 0 Å². The SMILES string of the molecule is Cc1nc2ccc(NC(=O)c3cc(C(C)C)nc4onc(C)c34)cc2nc1C. The molecule has 0 atom stereocenters. The van der Waals surface area contributed by atoms with Crippen LogP contribution < -0.4 is 5.32 Å². The minimum Gasteiger partial charge on any atom is -0.336 e. The predicted molar refractivity (Wildman–Crippen MR) is 108 cm³/mol. The van der Waals surface area contributed by atoms with Crippen molar-refractivity contribution in [2.24, 2.45) is 0 Å². The molecule has 1 aromatic carbocycles. The van der Waals surface area contributed by atoms with Gasteiger partial charge in [0.1, 0.15) is 0 Å². The van der Waals surface area contributed by atoms with E-state index in [2.05, 4.69) is 25.4 Å². The molecule has 0 aliphatic carbocycles. The van der Waals surface area contributed by atoms with Gasteiger partial charge in [-0.05, 0) is 51.0 Å². The molecule has 0 saturated carbocycles. The van der Waals surface area contributed by atoms with Gasteiger partial charge in [-0.1, -0.05) is 19.0 Å². The van der Waals surface area contributed by atoms with Crippen molar-refractivity contribution in [3.63, 3.8) is 0 Å². The molecule has 7 nitrogen and oxygen atoms in total. The molecule has 4 aromatic rings. The van der Waals surface area contributed by atoms with Crippen molar-refractivity contribution in [2.45, 2.75) is 40.5 Å². The van der Waals surface area contributed by atoms with Crippen LogP contribution in [0.2, 0.25) is 0 Å². The van der Waals surface area contributed by atoms with Gasteiger partial charge in [-0.15, -0.1) is 0 Å². The Bertz CT molecular complexity index is 1230. The number of hydrogen-bond donors (Lipinski definition) is 1. The van der Waals surface area contributed by atoms with Gasteiger partial charge in [0.15, 0.2) is 0 Å². The Morgan fingerprint density at radius 2 is 1.68 bits per heavy atom. The van der Waals surface area contributed by atoms with Crippen LogP contribution in [0.4, 0.5) is 5.69 Å². The number of fused-ring (bicyclic) bond motifs is 2. The van der Waals surface area contributed by atoms with Crippen LogP contribution in [-0.2, 0) is 0 Å². The molecule has 0 aliphatic rings. The van der Waals surface area contributed by atoms with E-state index in [9.17, 15) is 4.79 Å². The van der Waals surface area contributed by atoms with Gasteiger partial charge in [-0.3, -0.25) is 4.79 Å². The number of rotatable bonds is 3. The number of nitrogens with one attached hydrogen (secondary N) is 1. The molecular formula is C21H21N5O2. The van der Waals surface area contributed by atoms with E-state index in [0.29, 0.717) is 28.0 Å². The van der Waals surface area contributed by atoms with Crippen LogP contribution in [0.3, 0.4) is 0 Å². The minimum absolute atomic E-state index is 0.156. The van der Waals surface area contributed by atoms with Crippen molar-refractivity contribution in [1.82, 2.24) is 20.1 Å². The summed E-state index contributed by atoms with van der Waals surface area (Å²) in [5.41, 5.74) is 6.25. The molecule has 28 heavy (non-hydrogen) atoms. The summed E-state index contributed by atoms with van der Waals surface area (Å²) in [5.74, 6) is -0.0831. The van der Waals surface area contributed by atoms with Gasteiger partial charge in [0.05, 0.1) is 39.1 Å². The van der Waals surface area contributed by atoms with E-state index < -0.39 is 0 Å². The number of pyridine rings is 1. The lowest BCUT2D eigenvalue weighted by Crippen LogP contribution is -2.14. The second-order valence-corrected chi connectivity index (χ2v) is 7.25. The van der Waals surface area contributed by atoms with E-state index in [1.807, 2.05) is 45.9 Å². The molecule has 3 heterocycles. The fourth-order valence-electron chi connectivity index (χ4n) is 3.10. The first-order valence-electron chi connectivity index (χ1n) is 9.16. The average Bonchev–Trinajstić information content (AvgIpc) is 3.03. The molecule has 0 bridgehead atoms. The molecule has 0 aliphatic heterocycles. The standard InChI is InChI=1S/C21H21N5O2/c1-10(2)17-9-15(19-13(5)26-28-21(19)25-17)20(27)24-14-6-7-16-18(8-14)23-12(4)11(3)22-16/h6-10H,1-5H3,(H,24,27). The molecule has 4 rings (SSSR count). The van der Waals surface area contributed by atoms with E-state index in [4.69, 9.17) is 4.52 Å². The molecule has 0 saturated heterocycles. The van der Waals surface area contributed by atoms with E-state index in [1.165, 1.54) is 0 Å². The van der Waals surface area contributed by atoms with E-state index >= 15 is 0 Å². The molecule has 7 heteroatoms. The maximum absolute atomic E-state index is 13.1. The highest BCUT2D eigenvalue weighted by molar-refractivity contribution is 6.12. The summed E-state index contributed by atoms with van der Waals surface area (Å²) >= 11 is 0. The number of anilines is 1. The predicted octanol–water partition coefficient (Wildman–Crippen LogP) is 4.47. The number of aromatic nitrogens is 4. The van der Waals surface area contributed by atoms with Crippen LogP contribution in [0.1, 0.15) is 52.9 Å². The van der Waals surface area contributed by atoms with Crippen LogP contribution in [0.25, 0.3) is 22.1 Å². The van der Waals surface area contributed by atoms with Gasteiger partial charge in [0, 0.05) is 11.4 Å². The Hall–Kier alpha value is -3.35. The zero-order valence-corrected chi connectivity index (χ0v) is 16.5. The van der Waals surface area contributed by atoms with Crippen molar-refractivity contribution in [1.29, 1.82) is 0 Å². The second-order valence-electron chi connectivity index (χ2n) is 7.25. The molecule has 0 radical (unpaired) electrons. The molecule has 0 spiro atoms. The third-order valence-electron chi connectivity index (χ3n) is 4.81. The lowest BCUT2D eigenvalue weighted by atomic mass is 10.0. The molecule has 1 N–H and O–H groups in total. The van der Waals surface area contributed by atoms with Crippen molar-refractivity contribution in [3.8, 4) is 0 Å². The molecule has 0 unspecified atom stereocenters. The van der Waals surface area contributed by atoms with Crippen LogP contribution >= 0.6 is 0 Å². The van der Waals surface area contributed by atoms with Gasteiger partial charge in [-0.2, -0.15) is 0 Å². The zero-order chi connectivity index (χ0) is 20.0. The number of aryl methyl sites for hydroxylation is 3. The number of carbonyl (C=O) groups excluding carboxylic acids is 1. The van der Waals surface area contributed by atoms with Crippen molar-refractivity contribution in [2.75, 3.05) is 5.32 Å². The van der Waals surface area contributed by atoms with Crippen molar-refractivity contribution < 1.29 is 9.32 Å². The monoisotopic (exact) mass is 375 g/mol. The molecule has 3 aromatic heterocycles. The number of benzene rings is 1. The van der Waals surface area contributed by atoms with E-state index in [-0.39, 0.29) is 11.8 Å². The first-order valence-corrected chi connectivity index (χ1v) is 9.16. The van der Waals surface area contributed by atoms with Gasteiger partial charge >= 0.3 is 0 Å². The molecule has 0 fully saturated rings. The van der Waals surface area contributed by atoms with E-state index in [0.717, 1.165) is 28.1 Å². The Labute approximate surface area is 162 Å². The second kappa shape index (κ2) is 6.67. The van der Waals surface area contributed by atoms with Crippen LogP contribution in [0.15, 0.2) is 28.8 Å². The highest BCUT2D eigenvalue weighted by atomic mass is 16.5. The minimum atomic E-state index is -0.239. The number of nitrogens with zero attached hydrogens (tertiary/aromatic N) is 4. The smallest absolute Gasteiger partial charge is 0.259 e. The fraction of sp³-hybridized carbons (Fsp3) is 0.286. The van der Waals surface area contributed by atoms with Crippen molar-refractivity contribution in [3.05, 3.63) is 52.6 Å².